The Bertz CT molecular complexity index is 1930. The van der Waals surface area contributed by atoms with Crippen LogP contribution in [0.15, 0.2) is 36.4 Å². The number of hydrogen-bond acceptors (Lipinski definition) is 3. The molecular formula is C55H94O3Si3. The van der Waals surface area contributed by atoms with Crippen LogP contribution in [0, 0.1) is 20.8 Å². The zero-order chi connectivity index (χ0) is 47.7. The average Bonchev–Trinajstić information content (AvgIpc) is 3.00. The van der Waals surface area contributed by atoms with Crippen LogP contribution in [0.3, 0.4) is 0 Å². The molecule has 3 aromatic rings. The summed E-state index contributed by atoms with van der Waals surface area (Å²) in [4.78, 5) is 0. The summed E-state index contributed by atoms with van der Waals surface area (Å²) in [5.74, 6) is 3.59. The van der Waals surface area contributed by atoms with Gasteiger partial charge in [0.15, 0.2) is 0 Å². The lowest BCUT2D eigenvalue weighted by Gasteiger charge is -2.39. The number of hydrogen-bond donors (Lipinski definition) is 0. The highest BCUT2D eigenvalue weighted by atomic mass is 28.4. The summed E-state index contributed by atoms with van der Waals surface area (Å²) in [7, 11) is -6.29. The lowest BCUT2D eigenvalue weighted by atomic mass is 9.74. The van der Waals surface area contributed by atoms with Crippen molar-refractivity contribution in [3.8, 4) is 17.2 Å². The molecule has 0 bridgehead atoms. The van der Waals surface area contributed by atoms with E-state index in [1.54, 1.807) is 0 Å². The normalized spacial score (nSPS) is 14.7. The molecule has 1 unspecified atom stereocenters. The second-order valence-electron chi connectivity index (χ2n) is 26.6. The zero-order valence-electron chi connectivity index (χ0n) is 45.1. The van der Waals surface area contributed by atoms with Gasteiger partial charge in [0, 0.05) is 5.92 Å². The van der Waals surface area contributed by atoms with E-state index >= 15 is 0 Å². The van der Waals surface area contributed by atoms with E-state index in [1.807, 2.05) is 0 Å². The van der Waals surface area contributed by atoms with Gasteiger partial charge in [-0.15, -0.1) is 0 Å². The number of aryl methyl sites for hydroxylation is 3. The van der Waals surface area contributed by atoms with E-state index in [1.165, 1.54) is 50.1 Å². The van der Waals surface area contributed by atoms with Crippen LogP contribution >= 0.6 is 0 Å². The van der Waals surface area contributed by atoms with E-state index in [9.17, 15) is 0 Å². The first-order valence-corrected chi connectivity index (χ1v) is 32.2. The summed E-state index contributed by atoms with van der Waals surface area (Å²) in [6.45, 7) is 65.7. The minimum absolute atomic E-state index is 0.0738. The van der Waals surface area contributed by atoms with Crippen molar-refractivity contribution >= 4 is 25.0 Å². The minimum atomic E-state index is -2.11. The van der Waals surface area contributed by atoms with Gasteiger partial charge in [0.05, 0.1) is 0 Å². The lowest BCUT2D eigenvalue weighted by molar-refractivity contribution is 0.465. The zero-order valence-corrected chi connectivity index (χ0v) is 48.1. The van der Waals surface area contributed by atoms with Gasteiger partial charge in [-0.05, 0) is 172 Å². The molecule has 61 heavy (non-hydrogen) atoms. The second kappa shape index (κ2) is 17.3. The van der Waals surface area contributed by atoms with Gasteiger partial charge in [-0.3, -0.25) is 0 Å². The summed E-state index contributed by atoms with van der Waals surface area (Å²) in [6.07, 6.45) is 0.965. The van der Waals surface area contributed by atoms with E-state index in [0.29, 0.717) is 0 Å². The van der Waals surface area contributed by atoms with Crippen molar-refractivity contribution in [2.75, 3.05) is 0 Å². The van der Waals surface area contributed by atoms with Crippen molar-refractivity contribution in [2.24, 2.45) is 0 Å². The molecule has 0 aliphatic heterocycles. The van der Waals surface area contributed by atoms with E-state index in [0.717, 1.165) is 23.7 Å². The molecule has 0 amide bonds. The molecular weight excluding hydrogens is 793 g/mol. The van der Waals surface area contributed by atoms with Gasteiger partial charge in [-0.25, -0.2) is 0 Å². The fourth-order valence-corrected chi connectivity index (χ4v) is 10.6. The predicted octanol–water partition coefficient (Wildman–Crippen LogP) is 18.0. The highest BCUT2D eigenvalue weighted by Gasteiger charge is 2.43. The van der Waals surface area contributed by atoms with Crippen molar-refractivity contribution in [3.63, 3.8) is 0 Å². The quantitative estimate of drug-likeness (QED) is 0.180. The molecule has 1 atom stereocenters. The maximum absolute atomic E-state index is 7.22. The van der Waals surface area contributed by atoms with Gasteiger partial charge in [-0.1, -0.05) is 150 Å². The fraction of sp³-hybridized carbons (Fsp3) is 0.673. The Balaban J connectivity index is 2.46. The molecule has 3 nitrogen and oxygen atoms in total. The molecule has 3 aromatic carbocycles. The van der Waals surface area contributed by atoms with Crippen LogP contribution in [-0.4, -0.2) is 25.0 Å². The van der Waals surface area contributed by atoms with Crippen LogP contribution in [0.4, 0.5) is 0 Å². The molecule has 344 valence electrons. The standard InChI is InChI=1S/C55H94O3Si3/c1-36(40-33-44(50(5,6)7)47(30-37(40)2)56-59(23,24)53(14,15)16)29-43(41-34-45(51(8,9)10)48(31-38(41)3)57-60(25,26)54(17,18)19)42-35-46(52(11,12)13)49(32-39(42)4)58-61(27,28)55(20,21)22/h30-36,43H,29H2,1-28H3. The van der Waals surface area contributed by atoms with Gasteiger partial charge in [-0.2, -0.15) is 0 Å². The molecule has 0 spiro atoms. The third-order valence-corrected chi connectivity index (χ3v) is 27.9. The average molecular weight is 888 g/mol. The lowest BCUT2D eigenvalue weighted by Crippen LogP contribution is -2.44. The first kappa shape index (κ1) is 53.1. The Morgan fingerprint density at radius 3 is 0.852 bits per heavy atom. The second-order valence-corrected chi connectivity index (χ2v) is 40.8. The SMILES string of the molecule is Cc1cc(O[Si](C)(C)C(C)(C)C)c(C(C)(C)C)cc1C(C)CC(c1cc(C(C)(C)C)c(O[Si](C)(C)C(C)(C)C)cc1C)c1cc(C(C)(C)C)c(O[Si](C)(C)C(C)(C)C)cc1C. The van der Waals surface area contributed by atoms with E-state index in [-0.39, 0.29) is 43.2 Å². The third kappa shape index (κ3) is 12.1. The van der Waals surface area contributed by atoms with Crippen LogP contribution in [-0.2, 0) is 16.2 Å². The van der Waals surface area contributed by atoms with Crippen molar-refractivity contribution in [3.05, 3.63) is 86.5 Å². The van der Waals surface area contributed by atoms with Crippen molar-refractivity contribution in [1.29, 1.82) is 0 Å². The summed E-state index contributed by atoms with van der Waals surface area (Å²) < 4.78 is 21.6. The molecule has 6 heteroatoms. The number of rotatable bonds is 11. The van der Waals surface area contributed by atoms with Crippen molar-refractivity contribution in [2.45, 2.75) is 241 Å². The summed E-state index contributed by atoms with van der Waals surface area (Å²) in [6, 6.07) is 14.7. The molecule has 0 N–H and O–H groups in total. The van der Waals surface area contributed by atoms with Gasteiger partial charge < -0.3 is 13.3 Å². The summed E-state index contributed by atoms with van der Waals surface area (Å²) in [5, 5.41) is 0.298. The van der Waals surface area contributed by atoms with Crippen LogP contribution < -0.4 is 13.3 Å². The Morgan fingerprint density at radius 1 is 0.393 bits per heavy atom. The van der Waals surface area contributed by atoms with E-state index in [2.05, 4.69) is 228 Å². The molecule has 3 rings (SSSR count). The smallest absolute Gasteiger partial charge is 0.250 e. The number of benzene rings is 3. The molecule has 0 aliphatic carbocycles. The van der Waals surface area contributed by atoms with Gasteiger partial charge >= 0.3 is 0 Å². The molecule has 0 saturated heterocycles. The topological polar surface area (TPSA) is 27.7 Å². The highest BCUT2D eigenvalue weighted by molar-refractivity contribution is 6.75. The van der Waals surface area contributed by atoms with Crippen LogP contribution in [0.5, 0.6) is 17.2 Å². The fourth-order valence-electron chi connectivity index (χ4n) is 7.57. The Hall–Kier alpha value is -2.29. The van der Waals surface area contributed by atoms with E-state index < -0.39 is 25.0 Å². The van der Waals surface area contributed by atoms with Crippen LogP contribution in [0.25, 0.3) is 0 Å². The summed E-state index contributed by atoms with van der Waals surface area (Å²) >= 11 is 0. The molecule has 0 heterocycles. The van der Waals surface area contributed by atoms with Gasteiger partial charge in [0.2, 0.25) is 25.0 Å². The van der Waals surface area contributed by atoms with Crippen LogP contribution in [0.2, 0.25) is 54.4 Å². The minimum Gasteiger partial charge on any atom is -0.543 e. The van der Waals surface area contributed by atoms with Gasteiger partial charge in [0.25, 0.3) is 0 Å². The molecule has 0 fully saturated rings. The van der Waals surface area contributed by atoms with Crippen LogP contribution in [0.1, 0.15) is 200 Å². The van der Waals surface area contributed by atoms with Crippen molar-refractivity contribution in [1.82, 2.24) is 0 Å². The first-order valence-electron chi connectivity index (χ1n) is 23.4. The third-order valence-electron chi connectivity index (χ3n) is 14.9. The molecule has 0 aliphatic rings. The van der Waals surface area contributed by atoms with Crippen molar-refractivity contribution < 1.29 is 13.3 Å². The van der Waals surface area contributed by atoms with Gasteiger partial charge in [0.1, 0.15) is 17.2 Å². The maximum Gasteiger partial charge on any atom is 0.250 e. The highest BCUT2D eigenvalue weighted by Crippen LogP contribution is 2.49. The Labute approximate surface area is 381 Å². The maximum atomic E-state index is 7.22. The summed E-state index contributed by atoms with van der Waals surface area (Å²) in [5.41, 5.74) is 11.7. The largest absolute Gasteiger partial charge is 0.543 e. The predicted molar refractivity (Wildman–Crippen MR) is 278 cm³/mol. The Kier molecular flexibility index (Phi) is 15.0. The van der Waals surface area contributed by atoms with E-state index in [4.69, 9.17) is 13.3 Å². The first-order chi connectivity index (χ1) is 26.9. The molecule has 0 saturated carbocycles. The Morgan fingerprint density at radius 2 is 0.623 bits per heavy atom. The molecule has 0 radical (unpaired) electrons. The monoisotopic (exact) mass is 887 g/mol. The molecule has 0 aromatic heterocycles.